The SMILES string of the molecule is CC#Cc1ccc(C#Cc2ccc(-c3ccc(CCCCCCC)cc3)cc2)cc1. The zero-order valence-electron chi connectivity index (χ0n) is 18.2. The molecule has 0 nitrogen and oxygen atoms in total. The summed E-state index contributed by atoms with van der Waals surface area (Å²) < 4.78 is 0. The van der Waals surface area contributed by atoms with Crippen molar-refractivity contribution in [1.82, 2.24) is 0 Å². The fraction of sp³-hybridized carbons (Fsp3) is 0.267. The molecule has 3 rings (SSSR count). The van der Waals surface area contributed by atoms with E-state index in [0.717, 1.165) is 16.7 Å². The van der Waals surface area contributed by atoms with E-state index in [-0.39, 0.29) is 0 Å². The van der Waals surface area contributed by atoms with Crippen LogP contribution in [0.25, 0.3) is 11.1 Å². The smallest absolute Gasteiger partial charge is 0.0249 e. The van der Waals surface area contributed by atoms with Crippen molar-refractivity contribution in [2.24, 2.45) is 0 Å². The second-order valence-electron chi connectivity index (χ2n) is 7.64. The molecule has 0 saturated carbocycles. The van der Waals surface area contributed by atoms with Crippen LogP contribution in [0.4, 0.5) is 0 Å². The van der Waals surface area contributed by atoms with Gasteiger partial charge >= 0.3 is 0 Å². The highest BCUT2D eigenvalue weighted by molar-refractivity contribution is 5.64. The monoisotopic (exact) mass is 390 g/mol. The molecular weight excluding hydrogens is 360 g/mol. The van der Waals surface area contributed by atoms with Gasteiger partial charge in [-0.3, -0.25) is 0 Å². The maximum atomic E-state index is 3.25. The van der Waals surface area contributed by atoms with Crippen molar-refractivity contribution < 1.29 is 0 Å². The summed E-state index contributed by atoms with van der Waals surface area (Å²) in [6.45, 7) is 4.11. The van der Waals surface area contributed by atoms with Crippen molar-refractivity contribution in [3.8, 4) is 34.8 Å². The molecule has 0 spiro atoms. The van der Waals surface area contributed by atoms with Crippen LogP contribution < -0.4 is 0 Å². The minimum Gasteiger partial charge on any atom is -0.101 e. The molecule has 0 aliphatic heterocycles. The molecule has 0 aromatic heterocycles. The molecule has 0 saturated heterocycles. The Morgan fingerprint density at radius 3 is 1.53 bits per heavy atom. The van der Waals surface area contributed by atoms with Gasteiger partial charge in [0.2, 0.25) is 0 Å². The van der Waals surface area contributed by atoms with Crippen molar-refractivity contribution in [3.63, 3.8) is 0 Å². The molecule has 0 N–H and O–H groups in total. The molecule has 150 valence electrons. The Morgan fingerprint density at radius 2 is 1.00 bits per heavy atom. The lowest BCUT2D eigenvalue weighted by Gasteiger charge is -2.05. The van der Waals surface area contributed by atoms with E-state index in [9.17, 15) is 0 Å². The van der Waals surface area contributed by atoms with Gasteiger partial charge < -0.3 is 0 Å². The van der Waals surface area contributed by atoms with E-state index >= 15 is 0 Å². The van der Waals surface area contributed by atoms with Crippen molar-refractivity contribution in [2.75, 3.05) is 0 Å². The molecular formula is C30H30. The van der Waals surface area contributed by atoms with Crippen LogP contribution in [0, 0.1) is 23.7 Å². The summed E-state index contributed by atoms with van der Waals surface area (Å²) in [6.07, 6.45) is 7.85. The summed E-state index contributed by atoms with van der Waals surface area (Å²) in [7, 11) is 0. The molecule has 0 fully saturated rings. The summed E-state index contributed by atoms with van der Waals surface area (Å²) in [6, 6.07) is 25.6. The molecule has 0 aliphatic rings. The first kappa shape index (κ1) is 21.5. The van der Waals surface area contributed by atoms with Crippen LogP contribution in [0.1, 0.15) is 68.2 Å². The van der Waals surface area contributed by atoms with Gasteiger partial charge in [-0.2, -0.15) is 0 Å². The van der Waals surface area contributed by atoms with Crippen LogP contribution in [0.3, 0.4) is 0 Å². The Morgan fingerprint density at radius 1 is 0.533 bits per heavy atom. The zero-order chi connectivity index (χ0) is 21.0. The summed E-state index contributed by atoms with van der Waals surface area (Å²) >= 11 is 0. The van der Waals surface area contributed by atoms with Crippen molar-refractivity contribution in [1.29, 1.82) is 0 Å². The van der Waals surface area contributed by atoms with E-state index in [2.05, 4.69) is 79.1 Å². The summed E-state index contributed by atoms with van der Waals surface area (Å²) in [5.41, 5.74) is 6.99. The molecule has 3 aromatic rings. The minimum atomic E-state index is 1.01. The second-order valence-corrected chi connectivity index (χ2v) is 7.64. The van der Waals surface area contributed by atoms with E-state index < -0.39 is 0 Å². The zero-order valence-corrected chi connectivity index (χ0v) is 18.2. The Bertz CT molecular complexity index is 1030. The van der Waals surface area contributed by atoms with Crippen molar-refractivity contribution >= 4 is 0 Å². The number of benzene rings is 3. The predicted molar refractivity (Wildman–Crippen MR) is 129 cm³/mol. The van der Waals surface area contributed by atoms with Crippen molar-refractivity contribution in [2.45, 2.75) is 52.4 Å². The van der Waals surface area contributed by atoms with Crippen LogP contribution in [-0.4, -0.2) is 0 Å². The van der Waals surface area contributed by atoms with Crippen LogP contribution in [0.2, 0.25) is 0 Å². The van der Waals surface area contributed by atoms with Gasteiger partial charge in [-0.15, -0.1) is 5.92 Å². The fourth-order valence-corrected chi connectivity index (χ4v) is 3.47. The van der Waals surface area contributed by atoms with E-state index in [4.69, 9.17) is 0 Å². The van der Waals surface area contributed by atoms with Crippen LogP contribution >= 0.6 is 0 Å². The van der Waals surface area contributed by atoms with E-state index in [1.807, 2.05) is 31.2 Å². The average Bonchev–Trinajstić information content (AvgIpc) is 2.79. The molecule has 0 bridgehead atoms. The third-order valence-corrected chi connectivity index (χ3v) is 5.25. The maximum absolute atomic E-state index is 3.25. The number of hydrogen-bond donors (Lipinski definition) is 0. The normalized spacial score (nSPS) is 9.93. The first-order valence-corrected chi connectivity index (χ1v) is 11.0. The molecule has 3 aromatic carbocycles. The maximum Gasteiger partial charge on any atom is 0.0249 e. The van der Waals surface area contributed by atoms with Gasteiger partial charge in [0, 0.05) is 16.7 Å². The van der Waals surface area contributed by atoms with Crippen LogP contribution in [-0.2, 0) is 6.42 Å². The largest absolute Gasteiger partial charge is 0.101 e. The standard InChI is InChI=1S/C30H30/c1-3-5-6-7-8-10-26-17-21-29(22-18-26)30-23-19-28(20-24-30)16-15-27-13-11-25(9-4-2)12-14-27/h11-14,17-24H,3,5-8,10H2,1-2H3. The van der Waals surface area contributed by atoms with Gasteiger partial charge in [0.15, 0.2) is 0 Å². The number of unbranched alkanes of at least 4 members (excludes halogenated alkanes) is 4. The molecule has 30 heavy (non-hydrogen) atoms. The van der Waals surface area contributed by atoms with Gasteiger partial charge in [0.25, 0.3) is 0 Å². The lowest BCUT2D eigenvalue weighted by Crippen LogP contribution is -1.87. The molecule has 0 atom stereocenters. The molecule has 0 aliphatic carbocycles. The van der Waals surface area contributed by atoms with Gasteiger partial charge in [0.05, 0.1) is 0 Å². The average molecular weight is 391 g/mol. The quantitative estimate of drug-likeness (QED) is 0.287. The molecule has 0 heterocycles. The van der Waals surface area contributed by atoms with E-state index in [1.165, 1.54) is 55.2 Å². The summed E-state index contributed by atoms with van der Waals surface area (Å²) in [4.78, 5) is 0. The third kappa shape index (κ3) is 6.69. The highest BCUT2D eigenvalue weighted by atomic mass is 14.0. The summed E-state index contributed by atoms with van der Waals surface area (Å²) in [5, 5.41) is 0. The van der Waals surface area contributed by atoms with Crippen molar-refractivity contribution in [3.05, 3.63) is 95.1 Å². The molecule has 0 heteroatoms. The van der Waals surface area contributed by atoms with Crippen LogP contribution in [0.5, 0.6) is 0 Å². The minimum absolute atomic E-state index is 1.01. The van der Waals surface area contributed by atoms with Crippen LogP contribution in [0.15, 0.2) is 72.8 Å². The second kappa shape index (κ2) is 11.7. The first-order valence-electron chi connectivity index (χ1n) is 11.0. The molecule has 0 unspecified atom stereocenters. The van der Waals surface area contributed by atoms with E-state index in [1.54, 1.807) is 0 Å². The molecule has 0 amide bonds. The van der Waals surface area contributed by atoms with Gasteiger partial charge in [0.1, 0.15) is 0 Å². The highest BCUT2D eigenvalue weighted by Crippen LogP contribution is 2.21. The Labute approximate surface area is 182 Å². The topological polar surface area (TPSA) is 0 Å². The number of aryl methyl sites for hydroxylation is 1. The van der Waals surface area contributed by atoms with E-state index in [0.29, 0.717) is 0 Å². The molecule has 0 radical (unpaired) electrons. The van der Waals surface area contributed by atoms with Gasteiger partial charge in [-0.25, -0.2) is 0 Å². The number of rotatable bonds is 7. The summed E-state index contributed by atoms with van der Waals surface area (Å²) in [5.74, 6) is 12.4. The Hall–Kier alpha value is -3.22. The Kier molecular flexibility index (Phi) is 8.38. The van der Waals surface area contributed by atoms with Gasteiger partial charge in [-0.1, -0.05) is 86.8 Å². The Balaban J connectivity index is 1.58. The van der Waals surface area contributed by atoms with Gasteiger partial charge in [-0.05, 0) is 72.9 Å². The first-order chi connectivity index (χ1) is 14.8. The predicted octanol–water partition coefficient (Wildman–Crippen LogP) is 7.64. The fourth-order valence-electron chi connectivity index (χ4n) is 3.47. The highest BCUT2D eigenvalue weighted by Gasteiger charge is 1.99. The third-order valence-electron chi connectivity index (χ3n) is 5.25. The number of hydrogen-bond acceptors (Lipinski definition) is 0. The lowest BCUT2D eigenvalue weighted by molar-refractivity contribution is 0.632. The lowest BCUT2D eigenvalue weighted by atomic mass is 10.00.